The summed E-state index contributed by atoms with van der Waals surface area (Å²) < 4.78 is 9.77. The van der Waals surface area contributed by atoms with Crippen LogP contribution < -0.4 is 11.0 Å². The molecule has 2 amide bonds. The number of hydrogen-bond donors (Lipinski definition) is 1. The Morgan fingerprint density at radius 1 is 1.13 bits per heavy atom. The molecule has 4 rings (SSSR count). The molecule has 2 aromatic rings. The van der Waals surface area contributed by atoms with Gasteiger partial charge in [-0.1, -0.05) is 32.9 Å². The largest absolute Gasteiger partial charge is 0.414 e. The van der Waals surface area contributed by atoms with Crippen LogP contribution in [-0.2, 0) is 21.1 Å². The quantitative estimate of drug-likeness (QED) is 0.578. The van der Waals surface area contributed by atoms with Crippen molar-refractivity contribution in [2.24, 2.45) is 7.05 Å². The van der Waals surface area contributed by atoms with Gasteiger partial charge in [-0.05, 0) is 54.9 Å². The molecule has 7 nitrogen and oxygen atoms in total. The molecule has 2 fully saturated rings. The fourth-order valence-electron chi connectivity index (χ4n) is 4.54. The van der Waals surface area contributed by atoms with E-state index in [0.29, 0.717) is 12.3 Å². The van der Waals surface area contributed by atoms with Gasteiger partial charge in [-0.25, -0.2) is 4.79 Å². The highest BCUT2D eigenvalue weighted by Crippen LogP contribution is 2.46. The van der Waals surface area contributed by atoms with E-state index in [1.807, 2.05) is 12.1 Å². The number of carbonyl (C=O) groups excluding carboxylic acids is 2. The minimum Gasteiger partial charge on any atom is -0.414 e. The van der Waals surface area contributed by atoms with Gasteiger partial charge in [0, 0.05) is 19.6 Å². The number of hydrogen-bond acceptors (Lipinski definition) is 4. The maximum absolute atomic E-state index is 13.1. The number of aryl methyl sites for hydroxylation is 1. The van der Waals surface area contributed by atoms with Gasteiger partial charge in [-0.2, -0.15) is 0 Å². The minimum atomic E-state index is -1.80. The summed E-state index contributed by atoms with van der Waals surface area (Å²) >= 11 is 0. The maximum Gasteiger partial charge on any atom is 0.329 e. The number of carbonyl (C=O) groups is 2. The molecular formula is C23H33N3O4Si. The van der Waals surface area contributed by atoms with E-state index in [1.54, 1.807) is 16.2 Å². The fraction of sp³-hybridized carbons (Fsp3) is 0.609. The molecule has 1 atom stereocenters. The highest BCUT2D eigenvalue weighted by Gasteiger charge is 2.43. The Balaban J connectivity index is 1.63. The summed E-state index contributed by atoms with van der Waals surface area (Å²) in [6.07, 6.45) is 2.75. The normalized spacial score (nSPS) is 24.9. The van der Waals surface area contributed by atoms with Crippen LogP contribution in [0.3, 0.4) is 0 Å². The number of nitrogens with zero attached hydrogens (tertiary/aromatic N) is 2. The predicted octanol–water partition coefficient (Wildman–Crippen LogP) is 3.59. The molecule has 0 radical (unpaired) electrons. The van der Waals surface area contributed by atoms with Gasteiger partial charge in [0.1, 0.15) is 6.04 Å². The van der Waals surface area contributed by atoms with Gasteiger partial charge in [0.2, 0.25) is 11.8 Å². The van der Waals surface area contributed by atoms with Crippen LogP contribution in [0.1, 0.15) is 64.0 Å². The van der Waals surface area contributed by atoms with Crippen molar-refractivity contribution >= 4 is 31.2 Å². The third kappa shape index (κ3) is 3.69. The minimum absolute atomic E-state index is 0.182. The van der Waals surface area contributed by atoms with Crippen molar-refractivity contribution in [3.05, 3.63) is 34.2 Å². The summed E-state index contributed by atoms with van der Waals surface area (Å²) in [4.78, 5) is 37.1. The Kier molecular flexibility index (Phi) is 5.29. The van der Waals surface area contributed by atoms with Crippen LogP contribution >= 0.6 is 0 Å². The zero-order chi connectivity index (χ0) is 22.7. The Bertz CT molecular complexity index is 1100. The predicted molar refractivity (Wildman–Crippen MR) is 123 cm³/mol. The molecule has 1 aliphatic carbocycles. The molecule has 1 aliphatic heterocycles. The van der Waals surface area contributed by atoms with Gasteiger partial charge in [-0.3, -0.25) is 24.0 Å². The highest BCUT2D eigenvalue weighted by molar-refractivity contribution is 6.74. The van der Waals surface area contributed by atoms with E-state index in [4.69, 9.17) is 4.43 Å². The van der Waals surface area contributed by atoms with Crippen molar-refractivity contribution in [3.8, 4) is 0 Å². The van der Waals surface area contributed by atoms with Crippen molar-refractivity contribution < 1.29 is 14.0 Å². The molecule has 0 spiro atoms. The van der Waals surface area contributed by atoms with Crippen LogP contribution in [0.15, 0.2) is 23.0 Å². The lowest BCUT2D eigenvalue weighted by Gasteiger charge is -2.45. The van der Waals surface area contributed by atoms with Gasteiger partial charge in [0.25, 0.3) is 0 Å². The molecule has 1 unspecified atom stereocenters. The molecule has 31 heavy (non-hydrogen) atoms. The summed E-state index contributed by atoms with van der Waals surface area (Å²) in [5, 5.41) is 2.55. The van der Waals surface area contributed by atoms with Gasteiger partial charge >= 0.3 is 5.69 Å². The van der Waals surface area contributed by atoms with Crippen molar-refractivity contribution in [1.82, 2.24) is 14.5 Å². The lowest BCUT2D eigenvalue weighted by atomic mass is 9.77. The number of para-hydroxylation sites is 1. The fourth-order valence-corrected chi connectivity index (χ4v) is 5.92. The van der Waals surface area contributed by atoms with E-state index in [0.717, 1.165) is 29.4 Å². The molecule has 1 N–H and O–H groups in total. The number of fused-ring (bicyclic) bond motifs is 1. The summed E-state index contributed by atoms with van der Waals surface area (Å²) in [6, 6.07) is 5.29. The van der Waals surface area contributed by atoms with Crippen molar-refractivity contribution in [2.75, 3.05) is 0 Å². The Hall–Kier alpha value is -2.19. The van der Waals surface area contributed by atoms with Crippen molar-refractivity contribution in [2.45, 2.75) is 82.7 Å². The maximum atomic E-state index is 13.1. The first kappa shape index (κ1) is 22.0. The third-order valence-electron chi connectivity index (χ3n) is 7.46. The molecular weight excluding hydrogens is 410 g/mol. The molecule has 2 aliphatic rings. The standard InChI is InChI=1S/C23H33N3O4Si/c1-23(2,3)31(5,6)30-15-12-14(13-15)16-8-7-9-17-20(16)25(4)22(29)26(17)18-10-11-19(27)24-21(18)28/h7-9,14-15,18H,10-13H2,1-6H3,(H,24,27,28). The van der Waals surface area contributed by atoms with E-state index >= 15 is 0 Å². The monoisotopic (exact) mass is 443 g/mol. The first-order valence-electron chi connectivity index (χ1n) is 11.1. The van der Waals surface area contributed by atoms with Crippen LogP contribution in [0.2, 0.25) is 18.1 Å². The molecule has 0 bridgehead atoms. The molecule has 2 heterocycles. The number of imide groups is 1. The smallest absolute Gasteiger partial charge is 0.329 e. The molecule has 1 saturated carbocycles. The van der Waals surface area contributed by atoms with Crippen LogP contribution in [0, 0.1) is 0 Å². The lowest BCUT2D eigenvalue weighted by molar-refractivity contribution is -0.135. The first-order chi connectivity index (χ1) is 14.4. The van der Waals surface area contributed by atoms with Gasteiger partial charge in [0.15, 0.2) is 8.32 Å². The third-order valence-corrected chi connectivity index (χ3v) is 12.0. The summed E-state index contributed by atoms with van der Waals surface area (Å²) in [7, 11) is -0.0421. The Labute approximate surface area is 183 Å². The number of aromatic nitrogens is 2. The summed E-state index contributed by atoms with van der Waals surface area (Å²) in [5.74, 6) is -0.345. The van der Waals surface area contributed by atoms with Crippen molar-refractivity contribution in [1.29, 1.82) is 0 Å². The van der Waals surface area contributed by atoms with Crippen molar-refractivity contribution in [3.63, 3.8) is 0 Å². The van der Waals surface area contributed by atoms with Crippen LogP contribution in [0.4, 0.5) is 0 Å². The van der Waals surface area contributed by atoms with Crippen LogP contribution in [0.5, 0.6) is 0 Å². The highest BCUT2D eigenvalue weighted by atomic mass is 28.4. The van der Waals surface area contributed by atoms with E-state index in [-0.39, 0.29) is 29.2 Å². The Morgan fingerprint density at radius 2 is 1.81 bits per heavy atom. The average Bonchev–Trinajstić information content (AvgIpc) is 2.88. The number of imidazole rings is 1. The van der Waals surface area contributed by atoms with Crippen LogP contribution in [0.25, 0.3) is 11.0 Å². The number of amides is 2. The lowest BCUT2D eigenvalue weighted by Crippen LogP contribution is -2.47. The first-order valence-corrected chi connectivity index (χ1v) is 14.0. The molecule has 168 valence electrons. The zero-order valence-electron chi connectivity index (χ0n) is 19.3. The average molecular weight is 444 g/mol. The number of piperidine rings is 1. The van der Waals surface area contributed by atoms with E-state index in [1.165, 1.54) is 0 Å². The molecule has 8 heteroatoms. The van der Waals surface area contributed by atoms with Crippen LogP contribution in [-0.4, -0.2) is 35.4 Å². The molecule has 1 saturated heterocycles. The summed E-state index contributed by atoms with van der Waals surface area (Å²) in [6.45, 7) is 11.3. The second-order valence-electron chi connectivity index (χ2n) is 10.6. The topological polar surface area (TPSA) is 82.3 Å². The van der Waals surface area contributed by atoms with Gasteiger partial charge in [-0.15, -0.1) is 0 Å². The van der Waals surface area contributed by atoms with Gasteiger partial charge < -0.3 is 4.43 Å². The van der Waals surface area contributed by atoms with E-state index in [2.05, 4.69) is 45.2 Å². The Morgan fingerprint density at radius 3 is 2.42 bits per heavy atom. The second-order valence-corrected chi connectivity index (χ2v) is 15.3. The molecule has 1 aromatic carbocycles. The second kappa shape index (κ2) is 7.45. The zero-order valence-corrected chi connectivity index (χ0v) is 20.3. The number of rotatable bonds is 4. The van der Waals surface area contributed by atoms with Gasteiger partial charge in [0.05, 0.1) is 11.0 Å². The molecule has 1 aromatic heterocycles. The van der Waals surface area contributed by atoms with E-state index in [9.17, 15) is 14.4 Å². The number of nitrogens with one attached hydrogen (secondary N) is 1. The van der Waals surface area contributed by atoms with E-state index < -0.39 is 20.3 Å². The summed E-state index contributed by atoms with van der Waals surface area (Å²) in [5.41, 5.74) is 2.56. The number of benzene rings is 1. The SMILES string of the molecule is Cn1c(=O)n(C2CCC(=O)NC2=O)c2cccc(C3CC(O[Si](C)(C)C(C)(C)C)C3)c21.